The highest BCUT2D eigenvalue weighted by molar-refractivity contribution is 9.10. The summed E-state index contributed by atoms with van der Waals surface area (Å²) in [6.07, 6.45) is 0.832. The topological polar surface area (TPSA) is 37.8 Å². The van der Waals surface area contributed by atoms with Crippen LogP contribution in [-0.2, 0) is 6.42 Å². The van der Waals surface area contributed by atoms with Gasteiger partial charge in [-0.3, -0.25) is 0 Å². The maximum Gasteiger partial charge on any atom is 0.133 e. The zero-order valence-corrected chi connectivity index (χ0v) is 13.6. The third-order valence-corrected chi connectivity index (χ3v) is 4.86. The van der Waals surface area contributed by atoms with Crippen LogP contribution in [0.4, 0.5) is 5.82 Å². The highest BCUT2D eigenvalue weighted by atomic mass is 79.9. The molecule has 0 amide bonds. The molecule has 0 bridgehead atoms. The highest BCUT2D eigenvalue weighted by Crippen LogP contribution is 2.35. The molecule has 0 saturated carbocycles. The van der Waals surface area contributed by atoms with Crippen molar-refractivity contribution in [2.75, 3.05) is 12.4 Å². The molecule has 0 spiro atoms. The SMILES string of the molecule is CCc1nc(NC)c(C)c(Sc2ccccc2Br)n1. The van der Waals surface area contributed by atoms with Crippen molar-refractivity contribution in [3.05, 3.63) is 40.1 Å². The average Bonchev–Trinajstić information content (AvgIpc) is 2.43. The van der Waals surface area contributed by atoms with Crippen molar-refractivity contribution in [2.45, 2.75) is 30.2 Å². The van der Waals surface area contributed by atoms with Gasteiger partial charge in [-0.15, -0.1) is 0 Å². The molecule has 3 nitrogen and oxygen atoms in total. The number of halogens is 1. The van der Waals surface area contributed by atoms with Gasteiger partial charge >= 0.3 is 0 Å². The van der Waals surface area contributed by atoms with Crippen LogP contribution >= 0.6 is 27.7 Å². The Morgan fingerprint density at radius 2 is 2.00 bits per heavy atom. The molecule has 1 heterocycles. The van der Waals surface area contributed by atoms with Crippen molar-refractivity contribution in [1.82, 2.24) is 9.97 Å². The summed E-state index contributed by atoms with van der Waals surface area (Å²) in [6.45, 7) is 4.11. The van der Waals surface area contributed by atoms with Gasteiger partial charge in [0.1, 0.15) is 16.7 Å². The van der Waals surface area contributed by atoms with E-state index < -0.39 is 0 Å². The van der Waals surface area contributed by atoms with Crippen LogP contribution < -0.4 is 5.32 Å². The lowest BCUT2D eigenvalue weighted by molar-refractivity contribution is 0.874. The summed E-state index contributed by atoms with van der Waals surface area (Å²) in [5.41, 5.74) is 1.08. The summed E-state index contributed by atoms with van der Waals surface area (Å²) >= 11 is 5.23. The Hall–Kier alpha value is -1.07. The largest absolute Gasteiger partial charge is 0.373 e. The van der Waals surface area contributed by atoms with Gasteiger partial charge < -0.3 is 5.32 Å². The third-order valence-electron chi connectivity index (χ3n) is 2.74. The van der Waals surface area contributed by atoms with Crippen molar-refractivity contribution < 1.29 is 0 Å². The zero-order chi connectivity index (χ0) is 13.8. The summed E-state index contributed by atoms with van der Waals surface area (Å²) in [4.78, 5) is 10.3. The summed E-state index contributed by atoms with van der Waals surface area (Å²) < 4.78 is 1.09. The van der Waals surface area contributed by atoms with Crippen molar-refractivity contribution in [3.63, 3.8) is 0 Å². The average molecular weight is 338 g/mol. The zero-order valence-electron chi connectivity index (χ0n) is 11.2. The van der Waals surface area contributed by atoms with E-state index in [0.717, 1.165) is 38.0 Å². The minimum absolute atomic E-state index is 0.832. The van der Waals surface area contributed by atoms with E-state index in [1.54, 1.807) is 11.8 Å². The summed E-state index contributed by atoms with van der Waals surface area (Å²) in [5.74, 6) is 1.77. The van der Waals surface area contributed by atoms with Gasteiger partial charge in [0, 0.05) is 28.4 Å². The fourth-order valence-corrected chi connectivity index (χ4v) is 3.12. The van der Waals surface area contributed by atoms with Crippen LogP contribution in [0.25, 0.3) is 0 Å². The molecule has 0 radical (unpaired) electrons. The lowest BCUT2D eigenvalue weighted by Crippen LogP contribution is -2.04. The monoisotopic (exact) mass is 337 g/mol. The molecule has 100 valence electrons. The number of rotatable bonds is 4. The van der Waals surface area contributed by atoms with Crippen molar-refractivity contribution in [3.8, 4) is 0 Å². The van der Waals surface area contributed by atoms with E-state index in [9.17, 15) is 0 Å². The van der Waals surface area contributed by atoms with Crippen LogP contribution in [0.5, 0.6) is 0 Å². The summed E-state index contributed by atoms with van der Waals surface area (Å²) in [5, 5.41) is 4.14. The first-order valence-corrected chi connectivity index (χ1v) is 7.74. The predicted octanol–water partition coefficient (Wildman–Crippen LogP) is 4.30. The van der Waals surface area contributed by atoms with E-state index in [2.05, 4.69) is 44.2 Å². The number of benzene rings is 1. The Kier molecular flexibility index (Phi) is 4.82. The molecular formula is C14H16BrN3S. The number of nitrogens with zero attached hydrogens (tertiary/aromatic N) is 2. The van der Waals surface area contributed by atoms with Crippen LogP contribution in [0.2, 0.25) is 0 Å². The molecule has 0 saturated heterocycles. The van der Waals surface area contributed by atoms with Crippen LogP contribution in [0.3, 0.4) is 0 Å². The van der Waals surface area contributed by atoms with Gasteiger partial charge in [0.05, 0.1) is 0 Å². The lowest BCUT2D eigenvalue weighted by Gasteiger charge is -2.11. The smallest absolute Gasteiger partial charge is 0.133 e. The van der Waals surface area contributed by atoms with Gasteiger partial charge in [0.2, 0.25) is 0 Å². The number of hydrogen-bond acceptors (Lipinski definition) is 4. The lowest BCUT2D eigenvalue weighted by atomic mass is 10.3. The van der Waals surface area contributed by atoms with Gasteiger partial charge in [-0.25, -0.2) is 9.97 Å². The molecule has 5 heteroatoms. The Labute approximate surface area is 126 Å². The minimum Gasteiger partial charge on any atom is -0.373 e. The standard InChI is InChI=1S/C14H16BrN3S/c1-4-12-17-13(16-3)9(2)14(18-12)19-11-8-6-5-7-10(11)15/h5-8H,4H2,1-3H3,(H,16,17,18). The maximum atomic E-state index is 4.63. The Bertz CT molecular complexity index is 587. The third kappa shape index (κ3) is 3.28. The Balaban J connectivity index is 2.42. The second-order valence-electron chi connectivity index (χ2n) is 4.05. The number of aromatic nitrogens is 2. The molecule has 19 heavy (non-hydrogen) atoms. The molecule has 1 N–H and O–H groups in total. The van der Waals surface area contributed by atoms with E-state index in [1.807, 2.05) is 32.2 Å². The van der Waals surface area contributed by atoms with Gasteiger partial charge in [-0.2, -0.15) is 0 Å². The summed E-state index contributed by atoms with van der Waals surface area (Å²) in [6, 6.07) is 8.17. The first kappa shape index (κ1) is 14.3. The fourth-order valence-electron chi connectivity index (χ4n) is 1.67. The maximum absolute atomic E-state index is 4.63. The van der Waals surface area contributed by atoms with Gasteiger partial charge in [-0.1, -0.05) is 30.8 Å². The predicted molar refractivity (Wildman–Crippen MR) is 84.0 cm³/mol. The van der Waals surface area contributed by atoms with E-state index in [0.29, 0.717) is 0 Å². The number of anilines is 1. The molecule has 0 atom stereocenters. The minimum atomic E-state index is 0.832. The highest BCUT2D eigenvalue weighted by Gasteiger charge is 2.11. The molecule has 0 unspecified atom stereocenters. The normalized spacial score (nSPS) is 10.5. The van der Waals surface area contributed by atoms with Crippen molar-refractivity contribution in [2.24, 2.45) is 0 Å². The van der Waals surface area contributed by atoms with Crippen LogP contribution in [0.15, 0.2) is 38.7 Å². The van der Waals surface area contributed by atoms with Gasteiger partial charge in [0.25, 0.3) is 0 Å². The second kappa shape index (κ2) is 6.39. The molecule has 0 fully saturated rings. The Morgan fingerprint density at radius 1 is 1.26 bits per heavy atom. The van der Waals surface area contributed by atoms with Crippen LogP contribution in [0, 0.1) is 6.92 Å². The van der Waals surface area contributed by atoms with E-state index in [1.165, 1.54) is 0 Å². The first-order chi connectivity index (χ1) is 9.15. The number of nitrogens with one attached hydrogen (secondary N) is 1. The van der Waals surface area contributed by atoms with E-state index in [4.69, 9.17) is 0 Å². The van der Waals surface area contributed by atoms with Crippen LogP contribution in [-0.4, -0.2) is 17.0 Å². The number of aryl methyl sites for hydroxylation is 1. The Morgan fingerprint density at radius 3 is 2.63 bits per heavy atom. The molecule has 2 rings (SSSR count). The number of hydrogen-bond donors (Lipinski definition) is 1. The molecule has 1 aromatic heterocycles. The first-order valence-electron chi connectivity index (χ1n) is 6.13. The van der Waals surface area contributed by atoms with Crippen molar-refractivity contribution >= 4 is 33.5 Å². The van der Waals surface area contributed by atoms with Crippen molar-refractivity contribution in [1.29, 1.82) is 0 Å². The molecule has 1 aromatic carbocycles. The molecular weight excluding hydrogens is 322 g/mol. The van der Waals surface area contributed by atoms with Gasteiger partial charge in [-0.05, 0) is 35.0 Å². The van der Waals surface area contributed by atoms with E-state index in [-0.39, 0.29) is 0 Å². The molecule has 0 aliphatic heterocycles. The second-order valence-corrected chi connectivity index (χ2v) is 5.94. The fraction of sp³-hybridized carbons (Fsp3) is 0.286. The molecule has 0 aliphatic rings. The quantitative estimate of drug-likeness (QED) is 0.844. The van der Waals surface area contributed by atoms with E-state index >= 15 is 0 Å². The molecule has 0 aliphatic carbocycles. The molecule has 2 aromatic rings. The van der Waals surface area contributed by atoms with Gasteiger partial charge in [0.15, 0.2) is 0 Å². The summed E-state index contributed by atoms with van der Waals surface area (Å²) in [7, 11) is 1.89. The van der Waals surface area contributed by atoms with Crippen LogP contribution in [0.1, 0.15) is 18.3 Å².